The second kappa shape index (κ2) is 6.10. The molecule has 1 aromatic heterocycles. The van der Waals surface area contributed by atoms with Crippen molar-refractivity contribution in [2.75, 3.05) is 6.54 Å². The molecule has 1 aromatic rings. The molecule has 22 heavy (non-hydrogen) atoms. The Morgan fingerprint density at radius 3 is 2.36 bits per heavy atom. The standard InChI is InChI=1S/C16H25N3O3/c1-9(16(21)22)8-19(13-6-7-13)15(20)10(2)14-11(3)17-18(5)12(14)4/h9-10,13H,6-8H2,1-5H3,(H,21,22)/t9-,10+/m0/s1. The van der Waals surface area contributed by atoms with Crippen molar-refractivity contribution in [1.29, 1.82) is 0 Å². The highest BCUT2D eigenvalue weighted by molar-refractivity contribution is 5.85. The summed E-state index contributed by atoms with van der Waals surface area (Å²) in [7, 11) is 1.87. The van der Waals surface area contributed by atoms with E-state index in [-0.39, 0.29) is 24.4 Å². The van der Waals surface area contributed by atoms with E-state index in [1.807, 2.05) is 27.8 Å². The maximum absolute atomic E-state index is 12.9. The summed E-state index contributed by atoms with van der Waals surface area (Å²) in [4.78, 5) is 25.8. The number of aryl methyl sites for hydroxylation is 2. The summed E-state index contributed by atoms with van der Waals surface area (Å²) < 4.78 is 1.79. The molecule has 1 fully saturated rings. The summed E-state index contributed by atoms with van der Waals surface area (Å²) in [6, 6.07) is 0.203. The van der Waals surface area contributed by atoms with Crippen molar-refractivity contribution in [3.05, 3.63) is 17.0 Å². The Bertz CT molecular complexity index is 590. The van der Waals surface area contributed by atoms with Crippen molar-refractivity contribution in [3.63, 3.8) is 0 Å². The SMILES string of the molecule is Cc1nn(C)c(C)c1[C@@H](C)C(=O)N(C[C@H](C)C(=O)O)C1CC1. The highest BCUT2D eigenvalue weighted by Crippen LogP contribution is 2.32. The number of carboxylic acid groups (broad SMARTS) is 1. The number of aliphatic carboxylic acids is 1. The third-order valence-electron chi connectivity index (χ3n) is 4.53. The van der Waals surface area contributed by atoms with Gasteiger partial charge in [0.1, 0.15) is 0 Å². The van der Waals surface area contributed by atoms with Gasteiger partial charge in [-0.25, -0.2) is 0 Å². The molecule has 1 saturated carbocycles. The number of hydrogen-bond donors (Lipinski definition) is 1. The summed E-state index contributed by atoms with van der Waals surface area (Å²) >= 11 is 0. The van der Waals surface area contributed by atoms with Gasteiger partial charge in [-0.15, -0.1) is 0 Å². The first-order chi connectivity index (χ1) is 10.2. The van der Waals surface area contributed by atoms with Crippen LogP contribution in [0, 0.1) is 19.8 Å². The van der Waals surface area contributed by atoms with E-state index in [2.05, 4.69) is 5.10 Å². The van der Waals surface area contributed by atoms with Crippen molar-refractivity contribution in [1.82, 2.24) is 14.7 Å². The minimum Gasteiger partial charge on any atom is -0.481 e. The molecule has 122 valence electrons. The topological polar surface area (TPSA) is 75.4 Å². The van der Waals surface area contributed by atoms with Crippen LogP contribution in [-0.4, -0.2) is 44.3 Å². The van der Waals surface area contributed by atoms with E-state index in [4.69, 9.17) is 5.11 Å². The zero-order valence-corrected chi connectivity index (χ0v) is 14.0. The smallest absolute Gasteiger partial charge is 0.308 e. The number of aromatic nitrogens is 2. The van der Waals surface area contributed by atoms with E-state index in [0.717, 1.165) is 29.8 Å². The van der Waals surface area contributed by atoms with E-state index in [9.17, 15) is 9.59 Å². The summed E-state index contributed by atoms with van der Waals surface area (Å²) in [5.41, 5.74) is 2.81. The quantitative estimate of drug-likeness (QED) is 0.870. The first kappa shape index (κ1) is 16.5. The Balaban J connectivity index is 2.21. The number of hydrogen-bond acceptors (Lipinski definition) is 3. The average Bonchev–Trinajstić information content (AvgIpc) is 3.23. The van der Waals surface area contributed by atoms with Crippen LogP contribution in [0.3, 0.4) is 0 Å². The van der Waals surface area contributed by atoms with Crippen LogP contribution in [0.25, 0.3) is 0 Å². The number of amides is 1. The van der Waals surface area contributed by atoms with Crippen molar-refractivity contribution in [2.24, 2.45) is 13.0 Å². The van der Waals surface area contributed by atoms with Crippen LogP contribution in [-0.2, 0) is 16.6 Å². The van der Waals surface area contributed by atoms with Crippen LogP contribution in [0.5, 0.6) is 0 Å². The molecule has 1 amide bonds. The predicted octanol–water partition coefficient (Wildman–Crippen LogP) is 1.85. The largest absolute Gasteiger partial charge is 0.481 e. The van der Waals surface area contributed by atoms with Gasteiger partial charge in [0.05, 0.1) is 17.5 Å². The zero-order valence-electron chi connectivity index (χ0n) is 14.0. The van der Waals surface area contributed by atoms with Crippen molar-refractivity contribution >= 4 is 11.9 Å². The van der Waals surface area contributed by atoms with Gasteiger partial charge in [0, 0.05) is 30.9 Å². The third kappa shape index (κ3) is 3.15. The number of carboxylic acids is 1. The highest BCUT2D eigenvalue weighted by atomic mass is 16.4. The fourth-order valence-electron chi connectivity index (χ4n) is 2.97. The van der Waals surface area contributed by atoms with E-state index in [1.54, 1.807) is 16.5 Å². The molecule has 0 aromatic carbocycles. The molecule has 2 atom stereocenters. The van der Waals surface area contributed by atoms with Gasteiger partial charge < -0.3 is 10.0 Å². The van der Waals surface area contributed by atoms with Gasteiger partial charge in [-0.2, -0.15) is 5.10 Å². The number of rotatable bonds is 6. The van der Waals surface area contributed by atoms with E-state index >= 15 is 0 Å². The highest BCUT2D eigenvalue weighted by Gasteiger charge is 2.37. The Morgan fingerprint density at radius 2 is 1.95 bits per heavy atom. The summed E-state index contributed by atoms with van der Waals surface area (Å²) in [6.45, 7) is 7.69. The molecule has 6 nitrogen and oxygen atoms in total. The molecule has 0 spiro atoms. The molecule has 1 aliphatic carbocycles. The lowest BCUT2D eigenvalue weighted by Crippen LogP contribution is -2.40. The molecule has 1 N–H and O–H groups in total. The van der Waals surface area contributed by atoms with Crippen LogP contribution < -0.4 is 0 Å². The fourth-order valence-corrected chi connectivity index (χ4v) is 2.97. The van der Waals surface area contributed by atoms with E-state index < -0.39 is 11.9 Å². The Labute approximate surface area is 131 Å². The molecule has 6 heteroatoms. The lowest BCUT2D eigenvalue weighted by atomic mass is 9.97. The lowest BCUT2D eigenvalue weighted by Gasteiger charge is -2.27. The van der Waals surface area contributed by atoms with E-state index in [0.29, 0.717) is 0 Å². The van der Waals surface area contributed by atoms with Gasteiger partial charge in [-0.1, -0.05) is 6.92 Å². The van der Waals surface area contributed by atoms with Crippen molar-refractivity contribution in [3.8, 4) is 0 Å². The molecule has 1 aliphatic rings. The first-order valence-electron chi connectivity index (χ1n) is 7.77. The van der Waals surface area contributed by atoms with Gasteiger partial charge in [0.25, 0.3) is 0 Å². The average molecular weight is 307 g/mol. The van der Waals surface area contributed by atoms with Crippen molar-refractivity contribution < 1.29 is 14.7 Å². The predicted molar refractivity (Wildman–Crippen MR) is 82.6 cm³/mol. The molecular weight excluding hydrogens is 282 g/mol. The van der Waals surface area contributed by atoms with Gasteiger partial charge in [-0.3, -0.25) is 14.3 Å². The lowest BCUT2D eigenvalue weighted by molar-refractivity contribution is -0.143. The summed E-state index contributed by atoms with van der Waals surface area (Å²) in [5.74, 6) is -1.70. The fraction of sp³-hybridized carbons (Fsp3) is 0.688. The zero-order chi connectivity index (χ0) is 16.6. The van der Waals surface area contributed by atoms with Crippen molar-refractivity contribution in [2.45, 2.75) is 52.5 Å². The number of carbonyl (C=O) groups is 2. The minimum absolute atomic E-state index is 0.00907. The number of carbonyl (C=O) groups excluding carboxylic acids is 1. The van der Waals surface area contributed by atoms with Gasteiger partial charge in [0.2, 0.25) is 5.91 Å². The Hall–Kier alpha value is -1.85. The van der Waals surface area contributed by atoms with Gasteiger partial charge in [-0.05, 0) is 33.6 Å². The monoisotopic (exact) mass is 307 g/mol. The summed E-state index contributed by atoms with van der Waals surface area (Å²) in [5, 5.41) is 13.5. The molecule has 0 bridgehead atoms. The van der Waals surface area contributed by atoms with Crippen LogP contribution in [0.15, 0.2) is 0 Å². The molecule has 0 aliphatic heterocycles. The van der Waals surface area contributed by atoms with Gasteiger partial charge >= 0.3 is 5.97 Å². The summed E-state index contributed by atoms with van der Waals surface area (Å²) in [6.07, 6.45) is 1.94. The molecule has 0 saturated heterocycles. The van der Waals surface area contributed by atoms with Crippen LogP contribution in [0.4, 0.5) is 0 Å². The third-order valence-corrected chi connectivity index (χ3v) is 4.53. The minimum atomic E-state index is -0.861. The number of nitrogens with zero attached hydrogens (tertiary/aromatic N) is 3. The van der Waals surface area contributed by atoms with Crippen LogP contribution in [0.2, 0.25) is 0 Å². The molecule has 0 unspecified atom stereocenters. The first-order valence-corrected chi connectivity index (χ1v) is 7.77. The maximum atomic E-state index is 12.9. The Kier molecular flexibility index (Phi) is 4.58. The van der Waals surface area contributed by atoms with Crippen LogP contribution in [0.1, 0.15) is 49.6 Å². The van der Waals surface area contributed by atoms with Crippen LogP contribution >= 0.6 is 0 Å². The Morgan fingerprint density at radius 1 is 1.36 bits per heavy atom. The molecule has 1 heterocycles. The molecular formula is C16H25N3O3. The normalized spacial score (nSPS) is 17.1. The second-order valence-corrected chi connectivity index (χ2v) is 6.39. The molecule has 0 radical (unpaired) electrons. The van der Waals surface area contributed by atoms with E-state index in [1.165, 1.54) is 0 Å². The van der Waals surface area contributed by atoms with Gasteiger partial charge in [0.15, 0.2) is 0 Å². The molecule has 2 rings (SSSR count). The maximum Gasteiger partial charge on any atom is 0.308 e. The second-order valence-electron chi connectivity index (χ2n) is 6.39.